The van der Waals surface area contributed by atoms with Crippen molar-refractivity contribution in [1.29, 1.82) is 0 Å². The first-order valence-corrected chi connectivity index (χ1v) is 9.37. The van der Waals surface area contributed by atoms with Crippen LogP contribution in [0.5, 0.6) is 17.4 Å². The molecule has 27 heavy (non-hydrogen) atoms. The second-order valence-corrected chi connectivity index (χ2v) is 7.30. The number of benzene rings is 1. The van der Waals surface area contributed by atoms with Crippen molar-refractivity contribution >= 4 is 35.2 Å². The highest BCUT2D eigenvalue weighted by atomic mass is 35.5. The third-order valence-corrected chi connectivity index (χ3v) is 4.85. The molecule has 0 aliphatic heterocycles. The smallest absolute Gasteiger partial charge is 0.257 e. The molecule has 6 nitrogen and oxygen atoms in total. The molecule has 1 saturated carbocycles. The molecule has 0 unspecified atom stereocenters. The summed E-state index contributed by atoms with van der Waals surface area (Å²) in [6.45, 7) is 6.21. The Bertz CT molecular complexity index is 876. The molecule has 1 aromatic heterocycles. The number of hydrogen-bond acceptors (Lipinski definition) is 4. The van der Waals surface area contributed by atoms with Crippen molar-refractivity contribution in [1.82, 2.24) is 15.1 Å². The van der Waals surface area contributed by atoms with E-state index in [1.165, 1.54) is 18.9 Å². The van der Waals surface area contributed by atoms with E-state index in [0.717, 1.165) is 11.3 Å². The Labute approximate surface area is 168 Å². The fourth-order valence-corrected chi connectivity index (χ4v) is 3.06. The summed E-state index contributed by atoms with van der Waals surface area (Å²) in [6.07, 6.45) is 4.01. The first-order valence-electron chi connectivity index (χ1n) is 8.61. The molecule has 8 heteroatoms. The molecular weight excluding hydrogens is 389 g/mol. The zero-order valence-corrected chi connectivity index (χ0v) is 16.7. The van der Waals surface area contributed by atoms with Gasteiger partial charge in [0.1, 0.15) is 5.75 Å². The fraction of sp³-hybridized carbons (Fsp3) is 0.368. The summed E-state index contributed by atoms with van der Waals surface area (Å²) in [5.74, 6) is 1.58. The van der Waals surface area contributed by atoms with Crippen molar-refractivity contribution in [3.05, 3.63) is 40.0 Å². The molecule has 1 aliphatic rings. The van der Waals surface area contributed by atoms with Crippen molar-refractivity contribution in [2.24, 2.45) is 13.0 Å². The van der Waals surface area contributed by atoms with Crippen LogP contribution in [0, 0.1) is 12.8 Å². The van der Waals surface area contributed by atoms with Crippen LogP contribution in [0.2, 0.25) is 10.0 Å². The fourth-order valence-electron chi connectivity index (χ4n) is 2.59. The van der Waals surface area contributed by atoms with Crippen LogP contribution in [0.25, 0.3) is 6.08 Å². The van der Waals surface area contributed by atoms with Gasteiger partial charge in [0.15, 0.2) is 12.4 Å². The number of nitrogens with zero attached hydrogens (tertiary/aromatic N) is 2. The van der Waals surface area contributed by atoms with Gasteiger partial charge in [0, 0.05) is 19.7 Å². The van der Waals surface area contributed by atoms with E-state index in [4.69, 9.17) is 32.7 Å². The number of amides is 1. The number of halogens is 2. The molecule has 3 rings (SSSR count). The highest BCUT2D eigenvalue weighted by Gasteiger charge is 2.22. The number of nitrogens with one attached hydrogen (secondary N) is 1. The van der Waals surface area contributed by atoms with E-state index >= 15 is 0 Å². The third kappa shape index (κ3) is 4.76. The molecule has 2 aromatic rings. The molecule has 1 N–H and O–H groups in total. The zero-order chi connectivity index (χ0) is 19.6. The molecule has 1 amide bonds. The van der Waals surface area contributed by atoms with Crippen LogP contribution in [-0.4, -0.2) is 28.8 Å². The van der Waals surface area contributed by atoms with E-state index in [1.54, 1.807) is 23.9 Å². The maximum absolute atomic E-state index is 11.9. The van der Waals surface area contributed by atoms with E-state index in [9.17, 15) is 4.79 Å². The van der Waals surface area contributed by atoms with E-state index in [-0.39, 0.29) is 12.5 Å². The van der Waals surface area contributed by atoms with Gasteiger partial charge in [-0.2, -0.15) is 5.10 Å². The lowest BCUT2D eigenvalue weighted by molar-refractivity contribution is -0.123. The quantitative estimate of drug-likeness (QED) is 0.702. The maximum atomic E-state index is 11.9. The van der Waals surface area contributed by atoms with E-state index < -0.39 is 0 Å². The predicted octanol–water partition coefficient (Wildman–Crippen LogP) is 4.38. The molecule has 1 heterocycles. The minimum Gasteiger partial charge on any atom is -0.482 e. The van der Waals surface area contributed by atoms with E-state index in [1.807, 2.05) is 6.92 Å². The first kappa shape index (κ1) is 19.6. The van der Waals surface area contributed by atoms with Crippen molar-refractivity contribution in [3.63, 3.8) is 0 Å². The summed E-state index contributed by atoms with van der Waals surface area (Å²) in [5, 5.41) is 7.77. The molecule has 0 atom stereocenters. The Morgan fingerprint density at radius 3 is 2.74 bits per heavy atom. The SMILES string of the molecule is C=Cc1c(C)nn(C)c1Oc1cc(OCC(=O)NCC2CC2)c(Cl)cc1Cl. The van der Waals surface area contributed by atoms with Gasteiger partial charge >= 0.3 is 0 Å². The molecule has 1 aliphatic carbocycles. The van der Waals surface area contributed by atoms with Crippen molar-refractivity contribution < 1.29 is 14.3 Å². The van der Waals surface area contributed by atoms with Crippen molar-refractivity contribution in [3.8, 4) is 17.4 Å². The van der Waals surface area contributed by atoms with Gasteiger partial charge in [0.05, 0.1) is 21.3 Å². The average molecular weight is 410 g/mol. The second-order valence-electron chi connectivity index (χ2n) is 6.48. The lowest BCUT2D eigenvalue weighted by atomic mass is 10.2. The molecule has 0 bridgehead atoms. The highest BCUT2D eigenvalue weighted by Crippen LogP contribution is 2.39. The van der Waals surface area contributed by atoms with Gasteiger partial charge in [-0.25, -0.2) is 4.68 Å². The number of hydrogen-bond donors (Lipinski definition) is 1. The van der Waals surface area contributed by atoms with Gasteiger partial charge in [0.25, 0.3) is 5.91 Å². The van der Waals surface area contributed by atoms with Gasteiger partial charge in [-0.15, -0.1) is 0 Å². The highest BCUT2D eigenvalue weighted by molar-refractivity contribution is 6.36. The van der Waals surface area contributed by atoms with Gasteiger partial charge in [-0.05, 0) is 31.7 Å². The van der Waals surface area contributed by atoms with Gasteiger partial charge < -0.3 is 14.8 Å². The normalized spacial score (nSPS) is 13.3. The summed E-state index contributed by atoms with van der Waals surface area (Å²) < 4.78 is 13.1. The van der Waals surface area contributed by atoms with Gasteiger partial charge in [-0.3, -0.25) is 4.79 Å². The Morgan fingerprint density at radius 2 is 2.07 bits per heavy atom. The lowest BCUT2D eigenvalue weighted by Crippen LogP contribution is -2.30. The van der Waals surface area contributed by atoms with Crippen LogP contribution in [-0.2, 0) is 11.8 Å². The summed E-state index contributed by atoms with van der Waals surface area (Å²) in [5.41, 5.74) is 1.56. The Balaban J connectivity index is 1.73. The Kier molecular flexibility index (Phi) is 5.97. The zero-order valence-electron chi connectivity index (χ0n) is 15.2. The van der Waals surface area contributed by atoms with E-state index in [2.05, 4.69) is 17.0 Å². The van der Waals surface area contributed by atoms with Crippen molar-refractivity contribution in [2.45, 2.75) is 19.8 Å². The number of carbonyl (C=O) groups is 1. The number of aryl methyl sites for hydroxylation is 2. The minimum atomic E-state index is -0.188. The molecular formula is C19H21Cl2N3O3. The largest absolute Gasteiger partial charge is 0.482 e. The average Bonchev–Trinajstić information content (AvgIpc) is 3.40. The topological polar surface area (TPSA) is 65.4 Å². The summed E-state index contributed by atoms with van der Waals surface area (Å²) in [4.78, 5) is 11.9. The summed E-state index contributed by atoms with van der Waals surface area (Å²) in [6, 6.07) is 3.08. The second kappa shape index (κ2) is 8.23. The Morgan fingerprint density at radius 1 is 1.37 bits per heavy atom. The molecule has 1 fully saturated rings. The Hall–Kier alpha value is -2.18. The molecule has 0 spiro atoms. The van der Waals surface area contributed by atoms with Gasteiger partial charge in [0.2, 0.25) is 5.88 Å². The van der Waals surface area contributed by atoms with Crippen LogP contribution in [0.4, 0.5) is 0 Å². The summed E-state index contributed by atoms with van der Waals surface area (Å²) in [7, 11) is 1.76. The summed E-state index contributed by atoms with van der Waals surface area (Å²) >= 11 is 12.4. The monoisotopic (exact) mass is 409 g/mol. The number of rotatable bonds is 8. The van der Waals surface area contributed by atoms with Gasteiger partial charge in [-0.1, -0.05) is 35.9 Å². The predicted molar refractivity (Wildman–Crippen MR) is 106 cm³/mol. The van der Waals surface area contributed by atoms with Crippen LogP contribution in [0.1, 0.15) is 24.1 Å². The third-order valence-electron chi connectivity index (χ3n) is 4.25. The number of carbonyl (C=O) groups excluding carboxylic acids is 1. The lowest BCUT2D eigenvalue weighted by Gasteiger charge is -2.13. The maximum Gasteiger partial charge on any atom is 0.257 e. The first-order chi connectivity index (χ1) is 12.9. The van der Waals surface area contributed by atoms with Crippen LogP contribution in [0.15, 0.2) is 18.7 Å². The van der Waals surface area contributed by atoms with Crippen molar-refractivity contribution in [2.75, 3.05) is 13.2 Å². The number of aromatic nitrogens is 2. The standard InChI is InChI=1S/C19H21Cl2N3O3/c1-4-13-11(2)23-24(3)19(13)27-17-8-16(14(20)7-15(17)21)26-10-18(25)22-9-12-5-6-12/h4,7-8,12H,1,5-6,9-10H2,2-3H3,(H,22,25). The molecule has 144 valence electrons. The number of ether oxygens (including phenoxy) is 2. The molecule has 0 radical (unpaired) electrons. The van der Waals surface area contributed by atoms with Crippen LogP contribution >= 0.6 is 23.2 Å². The minimum absolute atomic E-state index is 0.129. The van der Waals surface area contributed by atoms with Crippen LogP contribution in [0.3, 0.4) is 0 Å². The molecule has 1 aromatic carbocycles. The van der Waals surface area contributed by atoms with E-state index in [0.29, 0.717) is 39.9 Å². The van der Waals surface area contributed by atoms with Crippen LogP contribution < -0.4 is 14.8 Å². The molecule has 0 saturated heterocycles.